The predicted octanol–water partition coefficient (Wildman–Crippen LogP) is 2.95. The Labute approximate surface area is 155 Å². The number of hydrazone groups is 1. The third kappa shape index (κ3) is 4.79. The molecule has 8 nitrogen and oxygen atoms in total. The highest BCUT2D eigenvalue weighted by Gasteiger charge is 2.06. The SMILES string of the molecule is O=C(CNc1ccccc1)N/N=C/c1cccn1-c1ccc([N+](=O)[O-])cc1. The lowest BCUT2D eigenvalue weighted by Gasteiger charge is -2.06. The second-order valence-electron chi connectivity index (χ2n) is 5.59. The lowest BCUT2D eigenvalue weighted by Crippen LogP contribution is -2.25. The Morgan fingerprint density at radius 3 is 2.52 bits per heavy atom. The topological polar surface area (TPSA) is 102 Å². The fourth-order valence-corrected chi connectivity index (χ4v) is 2.42. The summed E-state index contributed by atoms with van der Waals surface area (Å²) in [6, 6.07) is 19.2. The number of carbonyl (C=O) groups is 1. The van der Waals surface area contributed by atoms with Crippen LogP contribution in [0, 0.1) is 10.1 Å². The molecule has 0 atom stereocenters. The van der Waals surface area contributed by atoms with Crippen molar-refractivity contribution in [2.45, 2.75) is 0 Å². The molecule has 0 aliphatic rings. The van der Waals surface area contributed by atoms with E-state index in [-0.39, 0.29) is 18.1 Å². The minimum atomic E-state index is -0.444. The quantitative estimate of drug-likeness (QED) is 0.383. The highest BCUT2D eigenvalue weighted by Crippen LogP contribution is 2.16. The molecule has 0 saturated carbocycles. The van der Waals surface area contributed by atoms with Crippen molar-refractivity contribution in [2.75, 3.05) is 11.9 Å². The molecule has 0 fully saturated rings. The molecule has 1 aromatic heterocycles. The molecular formula is C19H17N5O3. The molecular weight excluding hydrogens is 346 g/mol. The van der Waals surface area contributed by atoms with Gasteiger partial charge >= 0.3 is 0 Å². The molecule has 3 aromatic rings. The van der Waals surface area contributed by atoms with Crippen molar-refractivity contribution in [1.82, 2.24) is 9.99 Å². The van der Waals surface area contributed by atoms with Gasteiger partial charge in [-0.05, 0) is 36.4 Å². The van der Waals surface area contributed by atoms with Crippen molar-refractivity contribution in [3.05, 3.63) is 88.7 Å². The van der Waals surface area contributed by atoms with Crippen molar-refractivity contribution >= 4 is 23.5 Å². The molecule has 3 rings (SSSR count). The molecule has 2 N–H and O–H groups in total. The minimum absolute atomic E-state index is 0.0271. The van der Waals surface area contributed by atoms with Crippen molar-refractivity contribution in [3.8, 4) is 5.69 Å². The van der Waals surface area contributed by atoms with Crippen LogP contribution in [0.4, 0.5) is 11.4 Å². The van der Waals surface area contributed by atoms with E-state index in [1.165, 1.54) is 18.3 Å². The van der Waals surface area contributed by atoms with Crippen molar-refractivity contribution in [2.24, 2.45) is 5.10 Å². The molecule has 8 heteroatoms. The Morgan fingerprint density at radius 1 is 1.07 bits per heavy atom. The smallest absolute Gasteiger partial charge is 0.269 e. The van der Waals surface area contributed by atoms with E-state index in [2.05, 4.69) is 15.8 Å². The summed E-state index contributed by atoms with van der Waals surface area (Å²) in [6.07, 6.45) is 3.32. The van der Waals surface area contributed by atoms with Crippen LogP contribution in [0.1, 0.15) is 5.69 Å². The summed E-state index contributed by atoms with van der Waals surface area (Å²) in [5.74, 6) is -0.274. The zero-order valence-corrected chi connectivity index (χ0v) is 14.3. The van der Waals surface area contributed by atoms with Crippen LogP contribution in [0.2, 0.25) is 0 Å². The number of nitro benzene ring substituents is 1. The Hall–Kier alpha value is -3.94. The lowest BCUT2D eigenvalue weighted by atomic mass is 10.3. The van der Waals surface area contributed by atoms with Gasteiger partial charge in [0.15, 0.2) is 0 Å². The van der Waals surface area contributed by atoms with Crippen LogP contribution in [-0.2, 0) is 4.79 Å². The number of carbonyl (C=O) groups excluding carboxylic acids is 1. The number of amides is 1. The fourth-order valence-electron chi connectivity index (χ4n) is 2.42. The van der Waals surface area contributed by atoms with E-state index in [1.54, 1.807) is 18.3 Å². The number of aromatic nitrogens is 1. The van der Waals surface area contributed by atoms with Crippen molar-refractivity contribution in [1.29, 1.82) is 0 Å². The van der Waals surface area contributed by atoms with Gasteiger partial charge in [-0.25, -0.2) is 5.43 Å². The van der Waals surface area contributed by atoms with Gasteiger partial charge in [-0.3, -0.25) is 14.9 Å². The maximum Gasteiger partial charge on any atom is 0.269 e. The number of para-hydroxylation sites is 1. The molecule has 0 aliphatic carbocycles. The Bertz CT molecular complexity index is 949. The van der Waals surface area contributed by atoms with E-state index in [0.29, 0.717) is 0 Å². The van der Waals surface area contributed by atoms with Gasteiger partial charge < -0.3 is 9.88 Å². The molecule has 1 heterocycles. The second kappa shape index (κ2) is 8.43. The van der Waals surface area contributed by atoms with E-state index in [9.17, 15) is 14.9 Å². The van der Waals surface area contributed by atoms with Gasteiger partial charge in [0, 0.05) is 29.7 Å². The molecule has 0 unspecified atom stereocenters. The van der Waals surface area contributed by atoms with Gasteiger partial charge in [-0.1, -0.05) is 18.2 Å². The zero-order valence-electron chi connectivity index (χ0n) is 14.3. The van der Waals surface area contributed by atoms with Crippen LogP contribution >= 0.6 is 0 Å². The summed E-state index contributed by atoms with van der Waals surface area (Å²) in [7, 11) is 0. The number of nitrogens with one attached hydrogen (secondary N) is 2. The minimum Gasteiger partial charge on any atom is -0.376 e. The third-order valence-corrected chi connectivity index (χ3v) is 3.73. The van der Waals surface area contributed by atoms with Crippen molar-refractivity contribution < 1.29 is 9.72 Å². The molecule has 0 aliphatic heterocycles. The maximum absolute atomic E-state index is 11.8. The van der Waals surface area contributed by atoms with Crippen LogP contribution in [0.5, 0.6) is 0 Å². The number of non-ortho nitro benzene ring substituents is 1. The average Bonchev–Trinajstić information content (AvgIpc) is 3.16. The first kappa shape index (κ1) is 17.9. The molecule has 2 aromatic carbocycles. The van der Waals surface area contributed by atoms with Crippen LogP contribution in [0.25, 0.3) is 5.69 Å². The summed E-state index contributed by atoms with van der Waals surface area (Å²) in [5, 5.41) is 17.7. The highest BCUT2D eigenvalue weighted by molar-refractivity contribution is 5.84. The standard InChI is InChI=1S/C19H17N5O3/c25-19(14-20-15-5-2-1-3-6-15)22-21-13-18-7-4-12-23(18)16-8-10-17(11-9-16)24(26)27/h1-13,20H,14H2,(H,22,25)/b21-13+. The summed E-state index contributed by atoms with van der Waals surface area (Å²) in [4.78, 5) is 22.1. The molecule has 0 saturated heterocycles. The molecule has 0 bridgehead atoms. The number of nitro groups is 1. The number of hydrogen-bond donors (Lipinski definition) is 2. The van der Waals surface area contributed by atoms with E-state index in [4.69, 9.17) is 0 Å². The van der Waals surface area contributed by atoms with Crippen LogP contribution in [0.3, 0.4) is 0 Å². The van der Waals surface area contributed by atoms with Crippen LogP contribution < -0.4 is 10.7 Å². The summed E-state index contributed by atoms with van der Waals surface area (Å²) >= 11 is 0. The zero-order chi connectivity index (χ0) is 19.1. The summed E-state index contributed by atoms with van der Waals surface area (Å²) in [5.41, 5.74) is 4.81. The average molecular weight is 363 g/mol. The number of hydrogen-bond acceptors (Lipinski definition) is 5. The third-order valence-electron chi connectivity index (χ3n) is 3.73. The largest absolute Gasteiger partial charge is 0.376 e. The van der Waals surface area contributed by atoms with Gasteiger partial charge in [0.1, 0.15) is 0 Å². The number of rotatable bonds is 7. The Balaban J connectivity index is 1.59. The van der Waals surface area contributed by atoms with Gasteiger partial charge in [0.05, 0.1) is 23.4 Å². The molecule has 136 valence electrons. The maximum atomic E-state index is 11.8. The first-order valence-electron chi connectivity index (χ1n) is 8.16. The number of anilines is 1. The summed E-state index contributed by atoms with van der Waals surface area (Å²) < 4.78 is 1.81. The Kier molecular flexibility index (Phi) is 5.58. The fraction of sp³-hybridized carbons (Fsp3) is 0.0526. The predicted molar refractivity (Wildman–Crippen MR) is 103 cm³/mol. The molecule has 0 spiro atoms. The van der Waals surface area contributed by atoms with Crippen molar-refractivity contribution in [3.63, 3.8) is 0 Å². The number of benzene rings is 2. The summed E-state index contributed by atoms with van der Waals surface area (Å²) in [6.45, 7) is 0.102. The highest BCUT2D eigenvalue weighted by atomic mass is 16.6. The van der Waals surface area contributed by atoms with Gasteiger partial charge in [-0.2, -0.15) is 5.10 Å². The lowest BCUT2D eigenvalue weighted by molar-refractivity contribution is -0.384. The first-order valence-corrected chi connectivity index (χ1v) is 8.16. The Morgan fingerprint density at radius 2 is 1.81 bits per heavy atom. The van der Waals surface area contributed by atoms with E-state index >= 15 is 0 Å². The number of nitrogens with zero attached hydrogens (tertiary/aromatic N) is 3. The van der Waals surface area contributed by atoms with Crippen LogP contribution in [-0.4, -0.2) is 28.2 Å². The molecule has 1 amide bonds. The monoisotopic (exact) mass is 363 g/mol. The van der Waals surface area contributed by atoms with Gasteiger partial charge in [-0.15, -0.1) is 0 Å². The van der Waals surface area contributed by atoms with E-state index in [0.717, 1.165) is 17.1 Å². The van der Waals surface area contributed by atoms with Crippen LogP contribution in [0.15, 0.2) is 78.0 Å². The first-order chi connectivity index (χ1) is 13.1. The second-order valence-corrected chi connectivity index (χ2v) is 5.59. The van der Waals surface area contributed by atoms with Gasteiger partial charge in [0.2, 0.25) is 0 Å². The van der Waals surface area contributed by atoms with Gasteiger partial charge in [0.25, 0.3) is 11.6 Å². The molecule has 27 heavy (non-hydrogen) atoms. The van der Waals surface area contributed by atoms with E-state index in [1.807, 2.05) is 47.0 Å². The van der Waals surface area contributed by atoms with E-state index < -0.39 is 4.92 Å². The normalized spacial score (nSPS) is 10.7. The molecule has 0 radical (unpaired) electrons.